The molecule has 0 spiro atoms. The molecule has 0 aliphatic heterocycles. The maximum absolute atomic E-state index is 5.02. The Labute approximate surface area is 80.0 Å². The van der Waals surface area contributed by atoms with Crippen LogP contribution >= 0.6 is 11.3 Å². The number of rotatable bonds is 2. The SMILES string of the molecule is COc1cc(-c2cscn2)ccn1. The molecule has 0 aliphatic carbocycles. The van der Waals surface area contributed by atoms with Gasteiger partial charge in [-0.3, -0.25) is 0 Å². The minimum Gasteiger partial charge on any atom is -0.481 e. The van der Waals surface area contributed by atoms with E-state index in [0.29, 0.717) is 5.88 Å². The summed E-state index contributed by atoms with van der Waals surface area (Å²) in [7, 11) is 1.60. The summed E-state index contributed by atoms with van der Waals surface area (Å²) in [5.74, 6) is 0.616. The van der Waals surface area contributed by atoms with Gasteiger partial charge in [-0.05, 0) is 6.07 Å². The Kier molecular flexibility index (Phi) is 2.23. The van der Waals surface area contributed by atoms with Crippen LogP contribution in [0, 0.1) is 0 Å². The molecule has 3 nitrogen and oxygen atoms in total. The molecular formula is C9H8N2OS. The smallest absolute Gasteiger partial charge is 0.213 e. The third-order valence-corrected chi connectivity index (χ3v) is 2.26. The Morgan fingerprint density at radius 1 is 1.38 bits per heavy atom. The van der Waals surface area contributed by atoms with Crippen LogP contribution in [0.4, 0.5) is 0 Å². The van der Waals surface area contributed by atoms with Crippen LogP contribution in [0.2, 0.25) is 0 Å². The first kappa shape index (κ1) is 8.19. The molecule has 0 unspecified atom stereocenters. The normalized spacial score (nSPS) is 9.92. The molecule has 0 saturated carbocycles. The summed E-state index contributed by atoms with van der Waals surface area (Å²) in [6, 6.07) is 3.78. The quantitative estimate of drug-likeness (QED) is 0.731. The van der Waals surface area contributed by atoms with Crippen molar-refractivity contribution in [2.75, 3.05) is 7.11 Å². The molecule has 2 aromatic rings. The number of aromatic nitrogens is 2. The Bertz CT molecular complexity index is 386. The molecule has 2 rings (SSSR count). The number of thiazole rings is 1. The van der Waals surface area contributed by atoms with Gasteiger partial charge in [0.1, 0.15) is 0 Å². The van der Waals surface area contributed by atoms with Crippen LogP contribution in [0.25, 0.3) is 11.3 Å². The molecule has 0 radical (unpaired) electrons. The van der Waals surface area contributed by atoms with Crippen LogP contribution in [0.3, 0.4) is 0 Å². The van der Waals surface area contributed by atoms with Crippen LogP contribution < -0.4 is 4.74 Å². The summed E-state index contributed by atoms with van der Waals surface area (Å²) in [6.45, 7) is 0. The topological polar surface area (TPSA) is 35.0 Å². The molecule has 66 valence electrons. The third-order valence-electron chi connectivity index (χ3n) is 1.67. The highest BCUT2D eigenvalue weighted by atomic mass is 32.1. The van der Waals surface area contributed by atoms with E-state index in [-0.39, 0.29) is 0 Å². The number of pyridine rings is 1. The molecular weight excluding hydrogens is 184 g/mol. The highest BCUT2D eigenvalue weighted by Gasteiger charge is 2.00. The van der Waals surface area contributed by atoms with Crippen molar-refractivity contribution in [3.63, 3.8) is 0 Å². The molecule has 0 aliphatic rings. The van der Waals surface area contributed by atoms with Gasteiger partial charge in [0.05, 0.1) is 18.3 Å². The van der Waals surface area contributed by atoms with Crippen molar-refractivity contribution >= 4 is 11.3 Å². The summed E-state index contributed by atoms with van der Waals surface area (Å²) in [4.78, 5) is 8.22. The van der Waals surface area contributed by atoms with Gasteiger partial charge in [-0.2, -0.15) is 0 Å². The first-order valence-electron chi connectivity index (χ1n) is 3.79. The Morgan fingerprint density at radius 2 is 2.31 bits per heavy atom. The summed E-state index contributed by atoms with van der Waals surface area (Å²) >= 11 is 1.58. The monoisotopic (exact) mass is 192 g/mol. The number of hydrogen-bond acceptors (Lipinski definition) is 4. The van der Waals surface area contributed by atoms with Crippen LogP contribution in [0.15, 0.2) is 29.2 Å². The van der Waals surface area contributed by atoms with Gasteiger partial charge in [0.15, 0.2) is 0 Å². The van der Waals surface area contributed by atoms with E-state index in [9.17, 15) is 0 Å². The van der Waals surface area contributed by atoms with E-state index in [2.05, 4.69) is 9.97 Å². The van der Waals surface area contributed by atoms with E-state index in [0.717, 1.165) is 11.3 Å². The average Bonchev–Trinajstić information content (AvgIpc) is 2.71. The second-order valence-corrected chi connectivity index (χ2v) is 3.18. The molecule has 0 saturated heterocycles. The maximum Gasteiger partial charge on any atom is 0.213 e. The van der Waals surface area contributed by atoms with Crippen molar-refractivity contribution in [2.45, 2.75) is 0 Å². The lowest BCUT2D eigenvalue weighted by atomic mass is 10.2. The molecule has 2 aromatic heterocycles. The van der Waals surface area contributed by atoms with E-state index >= 15 is 0 Å². The lowest BCUT2D eigenvalue weighted by molar-refractivity contribution is 0.398. The van der Waals surface area contributed by atoms with Crippen LogP contribution in [-0.2, 0) is 0 Å². The van der Waals surface area contributed by atoms with Gasteiger partial charge in [0.25, 0.3) is 0 Å². The lowest BCUT2D eigenvalue weighted by Gasteiger charge is -1.99. The molecule has 0 N–H and O–H groups in total. The van der Waals surface area contributed by atoms with Gasteiger partial charge in [-0.15, -0.1) is 11.3 Å². The number of methoxy groups -OCH3 is 1. The van der Waals surface area contributed by atoms with Crippen LogP contribution in [0.1, 0.15) is 0 Å². The van der Waals surface area contributed by atoms with Crippen molar-refractivity contribution in [2.24, 2.45) is 0 Å². The highest BCUT2D eigenvalue weighted by Crippen LogP contribution is 2.21. The van der Waals surface area contributed by atoms with Crippen LogP contribution in [0.5, 0.6) is 5.88 Å². The van der Waals surface area contributed by atoms with Gasteiger partial charge in [-0.1, -0.05) is 0 Å². The van der Waals surface area contributed by atoms with E-state index < -0.39 is 0 Å². The second kappa shape index (κ2) is 3.53. The number of hydrogen-bond donors (Lipinski definition) is 0. The van der Waals surface area contributed by atoms with E-state index in [1.165, 1.54) is 0 Å². The zero-order valence-electron chi connectivity index (χ0n) is 7.10. The molecule has 0 aromatic carbocycles. The van der Waals surface area contributed by atoms with Gasteiger partial charge in [-0.25, -0.2) is 9.97 Å². The van der Waals surface area contributed by atoms with Crippen molar-refractivity contribution in [3.8, 4) is 17.1 Å². The van der Waals surface area contributed by atoms with Crippen molar-refractivity contribution < 1.29 is 4.74 Å². The number of nitrogens with zero attached hydrogens (tertiary/aromatic N) is 2. The zero-order valence-corrected chi connectivity index (χ0v) is 7.91. The van der Waals surface area contributed by atoms with Gasteiger partial charge >= 0.3 is 0 Å². The fourth-order valence-corrected chi connectivity index (χ4v) is 1.60. The molecule has 0 bridgehead atoms. The summed E-state index contributed by atoms with van der Waals surface area (Å²) in [5.41, 5.74) is 3.81. The molecule has 0 amide bonds. The van der Waals surface area contributed by atoms with Crippen LogP contribution in [-0.4, -0.2) is 17.1 Å². The standard InChI is InChI=1S/C9H8N2OS/c1-12-9-4-7(2-3-10-9)8-5-13-6-11-8/h2-6H,1H3. The Morgan fingerprint density at radius 3 is 3.00 bits per heavy atom. The predicted molar refractivity (Wildman–Crippen MR) is 51.9 cm³/mol. The Balaban J connectivity index is 2.41. The minimum absolute atomic E-state index is 0.616. The average molecular weight is 192 g/mol. The van der Waals surface area contributed by atoms with E-state index in [1.807, 2.05) is 23.0 Å². The lowest BCUT2D eigenvalue weighted by Crippen LogP contribution is -1.87. The number of ether oxygens (including phenoxy) is 1. The van der Waals surface area contributed by atoms with Crippen molar-refractivity contribution in [1.82, 2.24) is 9.97 Å². The largest absolute Gasteiger partial charge is 0.481 e. The summed E-state index contributed by atoms with van der Waals surface area (Å²) in [6.07, 6.45) is 1.72. The molecule has 4 heteroatoms. The summed E-state index contributed by atoms with van der Waals surface area (Å²) < 4.78 is 5.02. The first-order chi connectivity index (χ1) is 6.40. The maximum atomic E-state index is 5.02. The van der Waals surface area contributed by atoms with Crippen molar-refractivity contribution in [1.29, 1.82) is 0 Å². The van der Waals surface area contributed by atoms with Gasteiger partial charge in [0.2, 0.25) is 5.88 Å². The van der Waals surface area contributed by atoms with Crippen molar-refractivity contribution in [3.05, 3.63) is 29.2 Å². The van der Waals surface area contributed by atoms with E-state index in [4.69, 9.17) is 4.74 Å². The molecule has 0 fully saturated rings. The first-order valence-corrected chi connectivity index (χ1v) is 4.73. The fourth-order valence-electron chi connectivity index (χ4n) is 1.04. The molecule has 2 heterocycles. The summed E-state index contributed by atoms with van der Waals surface area (Å²) in [5, 5.41) is 1.99. The second-order valence-electron chi connectivity index (χ2n) is 2.46. The highest BCUT2D eigenvalue weighted by molar-refractivity contribution is 7.07. The third kappa shape index (κ3) is 1.67. The predicted octanol–water partition coefficient (Wildman–Crippen LogP) is 2.21. The fraction of sp³-hybridized carbons (Fsp3) is 0.111. The molecule has 0 atom stereocenters. The van der Waals surface area contributed by atoms with Gasteiger partial charge in [0, 0.05) is 23.2 Å². The van der Waals surface area contributed by atoms with E-state index in [1.54, 1.807) is 24.6 Å². The van der Waals surface area contributed by atoms with Gasteiger partial charge < -0.3 is 4.74 Å². The molecule has 13 heavy (non-hydrogen) atoms. The zero-order chi connectivity index (χ0) is 9.10. The Hall–Kier alpha value is -1.42. The minimum atomic E-state index is 0.616.